The fourth-order valence-corrected chi connectivity index (χ4v) is 11.4. The van der Waals surface area contributed by atoms with Crippen LogP contribution >= 0.6 is 24.3 Å². The predicted molar refractivity (Wildman–Crippen MR) is 198 cm³/mol. The number of halogens is 1. The van der Waals surface area contributed by atoms with E-state index in [2.05, 4.69) is 161 Å². The summed E-state index contributed by atoms with van der Waals surface area (Å²) in [5.74, 6) is 2.08. The second kappa shape index (κ2) is 16.4. The molecule has 0 unspecified atom stereocenters. The third-order valence-electron chi connectivity index (χ3n) is 7.81. The molecule has 0 bridgehead atoms. The Morgan fingerprint density at radius 3 is 1.56 bits per heavy atom. The molecule has 5 rings (SSSR count). The fraction of sp³-hybridized carbons (Fsp3) is 0.158. The molecule has 0 N–H and O–H groups in total. The molecule has 235 valence electrons. The van der Waals surface area contributed by atoms with E-state index >= 15 is 0 Å². The van der Waals surface area contributed by atoms with E-state index in [1.165, 1.54) is 0 Å². The molecule has 0 fully saturated rings. The van der Waals surface area contributed by atoms with E-state index in [4.69, 9.17) is 10.1 Å². The van der Waals surface area contributed by atoms with Gasteiger partial charge in [0, 0.05) is 10.6 Å². The van der Waals surface area contributed by atoms with Gasteiger partial charge in [-0.05, 0) is 34.3 Å². The topological polar surface area (TPSA) is 48.8 Å². The molecule has 0 aromatic heterocycles. The van der Waals surface area contributed by atoms with E-state index < -0.39 is 14.1 Å². The third kappa shape index (κ3) is 8.00. The summed E-state index contributed by atoms with van der Waals surface area (Å²) in [5, 5.41) is 20.8. The van der Waals surface area contributed by atoms with Gasteiger partial charge in [-0.15, -0.1) is 11.4 Å². The number of para-hydroxylation sites is 1. The van der Waals surface area contributed by atoms with Crippen molar-refractivity contribution in [2.24, 2.45) is 4.74 Å². The molecule has 5 aromatic carbocycles. The van der Waals surface area contributed by atoms with Crippen LogP contribution in [0.5, 0.6) is 0 Å². The molecule has 0 atom stereocenters. The van der Waals surface area contributed by atoms with Gasteiger partial charge in [0.2, 0.25) is 0 Å². The van der Waals surface area contributed by atoms with Gasteiger partial charge < -0.3 is 10.5 Å². The molecule has 3 nitrogen and oxygen atoms in total. The van der Waals surface area contributed by atoms with E-state index in [9.17, 15) is 5.16 Å². The van der Waals surface area contributed by atoms with Crippen LogP contribution in [0.15, 0.2) is 156 Å². The number of nitrogens with zero attached hydrogens (tertiary/aromatic N) is 3. The van der Waals surface area contributed by atoms with E-state index in [0.29, 0.717) is 0 Å². The molecular weight excluding hydrogens is 655 g/mol. The van der Waals surface area contributed by atoms with Crippen LogP contribution in [0.4, 0.5) is 11.4 Å². The number of rotatable bonds is 10. The SMILES string of the molecule is CC(C)P(=[N-])(/C=C(\[N-]c1ccccc1P(=Nc1ccccc1)(c1ccccc1)c1ccccc1)c1ccccc1)C(C)C.[Cl][Ni]. The van der Waals surface area contributed by atoms with Crippen LogP contribution in [0.3, 0.4) is 0 Å². The molecule has 0 aliphatic carbocycles. The first-order valence-corrected chi connectivity index (χ1v) is 20.0. The first-order valence-electron chi connectivity index (χ1n) is 15.0. The normalized spacial score (nSPS) is 12.0. The van der Waals surface area contributed by atoms with Gasteiger partial charge in [-0.1, -0.05) is 167 Å². The van der Waals surface area contributed by atoms with Crippen LogP contribution in [0.2, 0.25) is 0 Å². The second-order valence-corrected chi connectivity index (χ2v) is 18.1. The summed E-state index contributed by atoms with van der Waals surface area (Å²) in [7, 11) is -0.804. The Bertz CT molecular complexity index is 1720. The van der Waals surface area contributed by atoms with E-state index in [1.807, 2.05) is 42.5 Å². The molecule has 7 heteroatoms. The van der Waals surface area contributed by atoms with Gasteiger partial charge in [0.05, 0.1) is 12.7 Å². The zero-order valence-corrected chi connectivity index (χ0v) is 29.6. The van der Waals surface area contributed by atoms with Crippen LogP contribution in [0, 0.1) is 0 Å². The van der Waals surface area contributed by atoms with Crippen molar-refractivity contribution in [3.8, 4) is 0 Å². The maximum atomic E-state index is 12.0. The van der Waals surface area contributed by atoms with Gasteiger partial charge >= 0.3 is 24.8 Å². The van der Waals surface area contributed by atoms with Gasteiger partial charge in [-0.25, -0.2) is 0 Å². The molecule has 0 spiro atoms. The molecule has 0 amide bonds. The van der Waals surface area contributed by atoms with Crippen molar-refractivity contribution in [2.45, 2.75) is 39.0 Å². The summed E-state index contributed by atoms with van der Waals surface area (Å²) in [6.07, 6.45) is 0. The molecule has 0 radical (unpaired) electrons. The van der Waals surface area contributed by atoms with Crippen LogP contribution in [0.25, 0.3) is 16.2 Å². The Balaban J connectivity index is 0.00000226. The zero-order valence-electron chi connectivity index (χ0n) is 26.0. The summed E-state index contributed by atoms with van der Waals surface area (Å²) < 4.78 is 5.66. The quantitative estimate of drug-likeness (QED) is 0.103. The summed E-state index contributed by atoms with van der Waals surface area (Å²) in [6, 6.07) is 50.2. The first kappa shape index (κ1) is 34.8. The molecule has 0 saturated heterocycles. The molecule has 5 aromatic rings. The second-order valence-electron chi connectivity index (χ2n) is 11.2. The van der Waals surface area contributed by atoms with Crippen molar-refractivity contribution < 1.29 is 14.6 Å². The average molecular weight is 694 g/mol. The van der Waals surface area contributed by atoms with Gasteiger partial charge in [-0.2, -0.15) is 7.05 Å². The van der Waals surface area contributed by atoms with Gasteiger partial charge in [0.25, 0.3) is 0 Å². The van der Waals surface area contributed by atoms with Gasteiger partial charge in [0.15, 0.2) is 0 Å². The summed E-state index contributed by atoms with van der Waals surface area (Å²) in [6.45, 7) is 8.45. The zero-order chi connectivity index (χ0) is 32.3. The Morgan fingerprint density at radius 1 is 0.644 bits per heavy atom. The summed E-state index contributed by atoms with van der Waals surface area (Å²) in [5.41, 5.74) is 3.80. The molecule has 0 heterocycles. The van der Waals surface area contributed by atoms with Crippen molar-refractivity contribution in [3.63, 3.8) is 0 Å². The molecule has 0 aliphatic heterocycles. The summed E-state index contributed by atoms with van der Waals surface area (Å²) >= 11 is 3.35. The standard InChI is InChI=1S/C38H39N3P2.ClH.Ni/c1-30(2)42(39,31(3)4)29-37(32-19-9-5-10-20-32)40-36-27-17-18-28-38(36)43(34-23-13-7-14-24-34,35-25-15-8-16-26-35)41-33-21-11-6-12-22-33;;/h5-31H,1-4H3;1H;/q-2;;+1/p-1/b37-29-;;. The third-order valence-corrected chi connectivity index (χ3v) is 15.5. The van der Waals surface area contributed by atoms with E-state index in [-0.39, 0.29) is 11.3 Å². The van der Waals surface area contributed by atoms with Crippen LogP contribution < -0.4 is 15.9 Å². The van der Waals surface area contributed by atoms with Gasteiger partial charge in [0.1, 0.15) is 0 Å². The van der Waals surface area contributed by atoms with Crippen LogP contribution in [0.1, 0.15) is 33.3 Å². The van der Waals surface area contributed by atoms with E-state index in [1.54, 1.807) is 0 Å². The maximum absolute atomic E-state index is 12.0. The molecule has 45 heavy (non-hydrogen) atoms. The predicted octanol–water partition coefficient (Wildman–Crippen LogP) is 11.8. The fourth-order valence-electron chi connectivity index (χ4n) is 5.38. The average Bonchev–Trinajstić information content (AvgIpc) is 3.09. The van der Waals surface area contributed by atoms with Crippen molar-refractivity contribution in [2.75, 3.05) is 0 Å². The van der Waals surface area contributed by atoms with Gasteiger partial charge in [-0.3, -0.25) is 4.74 Å². The van der Waals surface area contributed by atoms with Crippen LogP contribution in [-0.4, -0.2) is 11.3 Å². The van der Waals surface area contributed by atoms with Crippen molar-refractivity contribution in [1.82, 2.24) is 0 Å². The Labute approximate surface area is 281 Å². The monoisotopic (exact) mass is 692 g/mol. The molecule has 0 saturated carbocycles. The van der Waals surface area contributed by atoms with Crippen molar-refractivity contribution in [1.29, 1.82) is 0 Å². The Hall–Kier alpha value is -3.12. The van der Waals surface area contributed by atoms with E-state index in [0.717, 1.165) is 38.5 Å². The molecular formula is C38H39ClN3NiP2-2. The van der Waals surface area contributed by atoms with Crippen LogP contribution in [-0.2, 0) is 14.6 Å². The molecule has 0 aliphatic rings. The first-order chi connectivity index (χ1) is 21.8. The van der Waals surface area contributed by atoms with Crippen molar-refractivity contribution >= 4 is 57.3 Å². The minimum atomic E-state index is -2.60. The number of benzene rings is 5. The summed E-state index contributed by atoms with van der Waals surface area (Å²) in [4.78, 5) is 0. The minimum absolute atomic E-state index is 0.116. The number of hydrogen-bond donors (Lipinski definition) is 0. The Morgan fingerprint density at radius 2 is 1.07 bits per heavy atom. The number of hydrogen-bond acceptors (Lipinski definition) is 1. The Kier molecular flexibility index (Phi) is 12.7. The van der Waals surface area contributed by atoms with Crippen molar-refractivity contribution in [3.05, 3.63) is 167 Å².